The zero-order valence-electron chi connectivity index (χ0n) is 17.9. The summed E-state index contributed by atoms with van der Waals surface area (Å²) in [5.41, 5.74) is 8.19. The second kappa shape index (κ2) is 9.04. The highest BCUT2D eigenvalue weighted by molar-refractivity contribution is 5.94. The van der Waals surface area contributed by atoms with E-state index in [9.17, 15) is 9.18 Å². The minimum atomic E-state index is -0.520. The molecule has 31 heavy (non-hydrogen) atoms. The van der Waals surface area contributed by atoms with E-state index < -0.39 is 5.91 Å². The van der Waals surface area contributed by atoms with E-state index in [0.717, 1.165) is 54.4 Å². The van der Waals surface area contributed by atoms with E-state index in [1.54, 1.807) is 11.5 Å². The number of likely N-dealkylation sites (N-methyl/N-ethyl adjacent to an activating group) is 1. The predicted octanol–water partition coefficient (Wildman–Crippen LogP) is 4.77. The summed E-state index contributed by atoms with van der Waals surface area (Å²) in [7, 11) is 0. The molecule has 0 radical (unpaired) electrons. The zero-order chi connectivity index (χ0) is 22.0. The summed E-state index contributed by atoms with van der Waals surface area (Å²) in [5.74, 6) is -0.742. The molecule has 0 fully saturated rings. The Balaban J connectivity index is 1.49. The van der Waals surface area contributed by atoms with Crippen molar-refractivity contribution in [3.8, 4) is 0 Å². The van der Waals surface area contributed by atoms with E-state index in [2.05, 4.69) is 35.0 Å². The third kappa shape index (κ3) is 4.40. The summed E-state index contributed by atoms with van der Waals surface area (Å²) < 4.78 is 13.5. The summed E-state index contributed by atoms with van der Waals surface area (Å²) in [6.45, 7) is 5.95. The van der Waals surface area contributed by atoms with Crippen LogP contribution in [0.5, 0.6) is 0 Å². The van der Waals surface area contributed by atoms with Gasteiger partial charge in [0.2, 0.25) is 0 Å². The lowest BCUT2D eigenvalue weighted by Crippen LogP contribution is -2.29. The van der Waals surface area contributed by atoms with E-state index in [1.165, 1.54) is 28.8 Å². The van der Waals surface area contributed by atoms with Crippen molar-refractivity contribution < 1.29 is 14.4 Å². The van der Waals surface area contributed by atoms with Gasteiger partial charge in [-0.3, -0.25) is 14.9 Å². The van der Waals surface area contributed by atoms with Gasteiger partial charge in [-0.1, -0.05) is 25.1 Å². The highest BCUT2D eigenvalue weighted by Gasteiger charge is 2.27. The van der Waals surface area contributed by atoms with Crippen LogP contribution in [0.3, 0.4) is 0 Å². The fourth-order valence-corrected chi connectivity index (χ4v) is 4.70. The number of H-pyrrole nitrogens is 1. The Kier molecular flexibility index (Phi) is 6.20. The monoisotopic (exact) mass is 421 g/mol. The number of hydroxylamine groups is 1. The van der Waals surface area contributed by atoms with Crippen LogP contribution in [0.2, 0.25) is 0 Å². The average molecular weight is 422 g/mol. The number of allylic oxidation sites excluding steroid dienone is 1. The number of nitrogens with zero attached hydrogens (tertiary/aromatic N) is 1. The standard InChI is InChI=1S/C25H28FN3O2/c1-3-29(11-10-19-15-27-23-14-20(26)6-8-21(19)23)24-9-5-18-13-17(4-7-22(18)24)16(2)12-25(30)28-31/h4,6-8,12-15,24,27,31H,3,5,9-11H2,1-2H3,(H,28,30). The Bertz CT molecular complexity index is 1130. The van der Waals surface area contributed by atoms with Crippen molar-refractivity contribution >= 4 is 22.4 Å². The van der Waals surface area contributed by atoms with Gasteiger partial charge in [-0.05, 0) is 78.8 Å². The van der Waals surface area contributed by atoms with Gasteiger partial charge in [-0.15, -0.1) is 0 Å². The number of aromatic nitrogens is 1. The molecule has 0 aliphatic heterocycles. The molecule has 1 heterocycles. The molecule has 3 aromatic rings. The van der Waals surface area contributed by atoms with Crippen LogP contribution in [-0.2, 0) is 17.6 Å². The third-order valence-electron chi connectivity index (χ3n) is 6.35. The number of amides is 1. The first-order chi connectivity index (χ1) is 15.0. The molecule has 6 heteroatoms. The topological polar surface area (TPSA) is 68.4 Å². The molecule has 3 N–H and O–H groups in total. The largest absolute Gasteiger partial charge is 0.361 e. The maximum absolute atomic E-state index is 13.5. The Morgan fingerprint density at radius 3 is 2.94 bits per heavy atom. The van der Waals surface area contributed by atoms with Crippen LogP contribution in [0, 0.1) is 5.82 Å². The van der Waals surface area contributed by atoms with Gasteiger partial charge < -0.3 is 4.98 Å². The van der Waals surface area contributed by atoms with Gasteiger partial charge in [-0.2, -0.15) is 0 Å². The van der Waals surface area contributed by atoms with Crippen LogP contribution in [0.15, 0.2) is 48.7 Å². The van der Waals surface area contributed by atoms with E-state index in [0.29, 0.717) is 6.04 Å². The number of fused-ring (bicyclic) bond motifs is 2. The fourth-order valence-electron chi connectivity index (χ4n) is 4.70. The molecule has 1 unspecified atom stereocenters. The number of hydrogen-bond acceptors (Lipinski definition) is 3. The first-order valence-electron chi connectivity index (χ1n) is 10.7. The van der Waals surface area contributed by atoms with Crippen molar-refractivity contribution in [3.05, 3.63) is 76.7 Å². The number of rotatable bonds is 7. The maximum atomic E-state index is 13.5. The number of halogens is 1. The lowest BCUT2D eigenvalue weighted by molar-refractivity contribution is -0.124. The van der Waals surface area contributed by atoms with Crippen LogP contribution < -0.4 is 5.48 Å². The number of benzene rings is 2. The average Bonchev–Trinajstić information content (AvgIpc) is 3.37. The molecule has 1 aliphatic carbocycles. The first kappa shape index (κ1) is 21.3. The SMILES string of the molecule is CCN(CCc1c[nH]c2cc(F)ccc12)C1CCc2cc(C(C)=CC(=O)NO)ccc21. The highest BCUT2D eigenvalue weighted by atomic mass is 19.1. The number of carbonyl (C=O) groups excluding carboxylic acids is 1. The van der Waals surface area contributed by atoms with Gasteiger partial charge >= 0.3 is 0 Å². The van der Waals surface area contributed by atoms with E-state index >= 15 is 0 Å². The fraction of sp³-hybridized carbons (Fsp3) is 0.320. The number of carbonyl (C=O) groups is 1. The van der Waals surface area contributed by atoms with Gasteiger partial charge in [0, 0.05) is 35.8 Å². The number of aromatic amines is 1. The van der Waals surface area contributed by atoms with Crippen LogP contribution in [-0.4, -0.2) is 34.1 Å². The minimum absolute atomic E-state index is 0.222. The normalized spacial score (nSPS) is 16.2. The lowest BCUT2D eigenvalue weighted by atomic mass is 9.99. The maximum Gasteiger partial charge on any atom is 0.267 e. The van der Waals surface area contributed by atoms with Crippen LogP contribution >= 0.6 is 0 Å². The van der Waals surface area contributed by atoms with Gasteiger partial charge in [0.1, 0.15) is 5.82 Å². The number of hydrogen-bond donors (Lipinski definition) is 3. The molecule has 0 saturated heterocycles. The molecule has 0 spiro atoms. The molecule has 1 atom stereocenters. The molecule has 2 aromatic carbocycles. The molecule has 0 bridgehead atoms. The van der Waals surface area contributed by atoms with Crippen LogP contribution in [0.25, 0.3) is 16.5 Å². The van der Waals surface area contributed by atoms with E-state index in [4.69, 9.17) is 5.21 Å². The van der Waals surface area contributed by atoms with Crippen molar-refractivity contribution in [2.75, 3.05) is 13.1 Å². The van der Waals surface area contributed by atoms with Crippen LogP contribution in [0.4, 0.5) is 4.39 Å². The summed E-state index contributed by atoms with van der Waals surface area (Å²) >= 11 is 0. The molecule has 162 valence electrons. The van der Waals surface area contributed by atoms with E-state index in [-0.39, 0.29) is 5.82 Å². The summed E-state index contributed by atoms with van der Waals surface area (Å²) in [6.07, 6.45) is 6.38. The quantitative estimate of drug-likeness (QED) is 0.292. The Labute approximate surface area is 181 Å². The zero-order valence-corrected chi connectivity index (χ0v) is 17.9. The van der Waals surface area contributed by atoms with Crippen molar-refractivity contribution in [1.29, 1.82) is 0 Å². The van der Waals surface area contributed by atoms with Crippen LogP contribution in [0.1, 0.15) is 48.6 Å². The second-order valence-electron chi connectivity index (χ2n) is 8.15. The minimum Gasteiger partial charge on any atom is -0.361 e. The molecule has 0 saturated carbocycles. The first-order valence-corrected chi connectivity index (χ1v) is 10.7. The summed E-state index contributed by atoms with van der Waals surface area (Å²) in [6, 6.07) is 11.7. The number of aryl methyl sites for hydroxylation is 1. The third-order valence-corrected chi connectivity index (χ3v) is 6.35. The summed E-state index contributed by atoms with van der Waals surface area (Å²) in [5, 5.41) is 9.82. The Morgan fingerprint density at radius 1 is 1.32 bits per heavy atom. The summed E-state index contributed by atoms with van der Waals surface area (Å²) in [4.78, 5) is 17.1. The second-order valence-corrected chi connectivity index (χ2v) is 8.15. The highest BCUT2D eigenvalue weighted by Crippen LogP contribution is 2.37. The molecule has 1 aliphatic rings. The molecule has 1 aromatic heterocycles. The molecular weight excluding hydrogens is 393 g/mol. The van der Waals surface area contributed by atoms with E-state index in [1.807, 2.05) is 19.2 Å². The molecular formula is C25H28FN3O2. The Hall–Kier alpha value is -2.96. The van der Waals surface area contributed by atoms with Crippen molar-refractivity contribution in [1.82, 2.24) is 15.4 Å². The number of nitrogens with one attached hydrogen (secondary N) is 2. The van der Waals surface area contributed by atoms with Gasteiger partial charge in [-0.25, -0.2) is 9.87 Å². The smallest absolute Gasteiger partial charge is 0.267 e. The van der Waals surface area contributed by atoms with Gasteiger partial charge in [0.15, 0.2) is 0 Å². The van der Waals surface area contributed by atoms with Gasteiger partial charge in [0.05, 0.1) is 0 Å². The molecule has 1 amide bonds. The van der Waals surface area contributed by atoms with Crippen molar-refractivity contribution in [2.45, 2.75) is 39.2 Å². The molecule has 5 nitrogen and oxygen atoms in total. The predicted molar refractivity (Wildman–Crippen MR) is 120 cm³/mol. The Morgan fingerprint density at radius 2 is 2.16 bits per heavy atom. The lowest BCUT2D eigenvalue weighted by Gasteiger charge is -2.28. The molecule has 4 rings (SSSR count). The van der Waals surface area contributed by atoms with Crippen molar-refractivity contribution in [2.24, 2.45) is 0 Å². The van der Waals surface area contributed by atoms with Crippen molar-refractivity contribution in [3.63, 3.8) is 0 Å². The van der Waals surface area contributed by atoms with Gasteiger partial charge in [0.25, 0.3) is 5.91 Å².